The lowest BCUT2D eigenvalue weighted by Crippen LogP contribution is -2.39. The minimum Gasteiger partial charge on any atom is -0.396 e. The van der Waals surface area contributed by atoms with Crippen molar-refractivity contribution in [1.82, 2.24) is 4.90 Å². The molecule has 1 aromatic rings. The fourth-order valence-electron chi connectivity index (χ4n) is 2.69. The first-order valence-electron chi connectivity index (χ1n) is 7.35. The van der Waals surface area contributed by atoms with Crippen LogP contribution in [0.2, 0.25) is 0 Å². The first-order valence-corrected chi connectivity index (χ1v) is 8.23. The Hall–Kier alpha value is -0.860. The summed E-state index contributed by atoms with van der Waals surface area (Å²) in [7, 11) is 0. The summed E-state index contributed by atoms with van der Waals surface area (Å²) in [4.78, 5) is 3.83. The predicted molar refractivity (Wildman–Crippen MR) is 82.7 cm³/mol. The van der Waals surface area contributed by atoms with E-state index in [1.165, 1.54) is 24.1 Å². The van der Waals surface area contributed by atoms with E-state index in [4.69, 9.17) is 10.2 Å². The Kier molecular flexibility index (Phi) is 6.55. The standard InChI is InChI=1S/C16H23NO2S/c18-9-4-2-5-14-11-16(20-13-14)12-17-8-3-1-6-15(17)7-10-19/h11,13,15,18-19H,1,3-4,6-10,12H2. The molecule has 4 heteroatoms. The molecule has 1 aliphatic rings. The van der Waals surface area contributed by atoms with Crippen LogP contribution in [0.4, 0.5) is 0 Å². The first kappa shape index (κ1) is 15.5. The molecule has 0 spiro atoms. The number of nitrogens with zero attached hydrogens (tertiary/aromatic N) is 1. The van der Waals surface area contributed by atoms with Gasteiger partial charge in [0.05, 0.1) is 6.61 Å². The molecule has 2 N–H and O–H groups in total. The van der Waals surface area contributed by atoms with Crippen molar-refractivity contribution in [2.24, 2.45) is 0 Å². The molecule has 0 aromatic carbocycles. The Morgan fingerprint density at radius 2 is 2.20 bits per heavy atom. The summed E-state index contributed by atoms with van der Waals surface area (Å²) >= 11 is 1.75. The number of hydrogen-bond donors (Lipinski definition) is 2. The summed E-state index contributed by atoms with van der Waals surface area (Å²) in [5, 5.41) is 20.0. The van der Waals surface area contributed by atoms with Gasteiger partial charge in [-0.15, -0.1) is 11.3 Å². The highest BCUT2D eigenvalue weighted by molar-refractivity contribution is 7.10. The quantitative estimate of drug-likeness (QED) is 0.818. The van der Waals surface area contributed by atoms with E-state index in [9.17, 15) is 0 Å². The molecular formula is C16H23NO2S. The number of likely N-dealkylation sites (tertiary alicyclic amines) is 1. The van der Waals surface area contributed by atoms with Crippen LogP contribution < -0.4 is 0 Å². The summed E-state index contributed by atoms with van der Waals surface area (Å²) in [6.45, 7) is 2.51. The molecule has 0 aliphatic carbocycles. The molecule has 1 fully saturated rings. The van der Waals surface area contributed by atoms with Crippen LogP contribution in [0, 0.1) is 11.8 Å². The molecule has 0 bridgehead atoms. The SMILES string of the molecule is OCCC#Cc1csc(CN2CCCCC2CCO)c1. The van der Waals surface area contributed by atoms with Crippen LogP contribution in [-0.4, -0.2) is 40.9 Å². The molecule has 2 heterocycles. The van der Waals surface area contributed by atoms with E-state index in [0.717, 1.165) is 25.1 Å². The molecule has 0 radical (unpaired) electrons. The third-order valence-corrected chi connectivity index (χ3v) is 4.62. The molecule has 1 atom stereocenters. The molecule has 1 aliphatic heterocycles. The maximum atomic E-state index is 9.16. The highest BCUT2D eigenvalue weighted by atomic mass is 32.1. The van der Waals surface area contributed by atoms with Crippen molar-refractivity contribution in [3.63, 3.8) is 0 Å². The van der Waals surface area contributed by atoms with Crippen molar-refractivity contribution in [2.45, 2.75) is 44.7 Å². The summed E-state index contributed by atoms with van der Waals surface area (Å²) in [6.07, 6.45) is 5.17. The van der Waals surface area contributed by atoms with Crippen LogP contribution >= 0.6 is 11.3 Å². The molecule has 1 unspecified atom stereocenters. The Labute approximate surface area is 125 Å². The van der Waals surface area contributed by atoms with Crippen molar-refractivity contribution in [3.05, 3.63) is 21.9 Å². The second-order valence-corrected chi connectivity index (χ2v) is 6.21. The average molecular weight is 293 g/mol. The second kappa shape index (κ2) is 8.43. The highest BCUT2D eigenvalue weighted by Gasteiger charge is 2.22. The molecule has 1 saturated heterocycles. The summed E-state index contributed by atoms with van der Waals surface area (Å²) in [5.74, 6) is 6.04. The van der Waals surface area contributed by atoms with Crippen LogP contribution in [0.15, 0.2) is 11.4 Å². The van der Waals surface area contributed by atoms with Gasteiger partial charge in [0.1, 0.15) is 0 Å². The fraction of sp³-hybridized carbons (Fsp3) is 0.625. The fourth-order valence-corrected chi connectivity index (χ4v) is 3.53. The number of rotatable bonds is 5. The molecular weight excluding hydrogens is 270 g/mol. The van der Waals surface area contributed by atoms with E-state index in [2.05, 4.69) is 28.2 Å². The van der Waals surface area contributed by atoms with E-state index < -0.39 is 0 Å². The molecule has 20 heavy (non-hydrogen) atoms. The Morgan fingerprint density at radius 1 is 1.30 bits per heavy atom. The second-order valence-electron chi connectivity index (χ2n) is 5.21. The lowest BCUT2D eigenvalue weighted by Gasteiger charge is -2.35. The lowest BCUT2D eigenvalue weighted by molar-refractivity contribution is 0.113. The van der Waals surface area contributed by atoms with Crippen LogP contribution in [0.5, 0.6) is 0 Å². The summed E-state index contributed by atoms with van der Waals surface area (Å²) < 4.78 is 0. The zero-order valence-corrected chi connectivity index (χ0v) is 12.7. The normalized spacial score (nSPS) is 19.6. The largest absolute Gasteiger partial charge is 0.396 e. The monoisotopic (exact) mass is 293 g/mol. The van der Waals surface area contributed by atoms with Gasteiger partial charge in [-0.25, -0.2) is 0 Å². The van der Waals surface area contributed by atoms with Gasteiger partial charge in [0.25, 0.3) is 0 Å². The van der Waals surface area contributed by atoms with Crippen molar-refractivity contribution in [3.8, 4) is 11.8 Å². The average Bonchev–Trinajstić information content (AvgIpc) is 2.89. The Bertz CT molecular complexity index is 459. The smallest absolute Gasteiger partial charge is 0.0540 e. The van der Waals surface area contributed by atoms with Crippen molar-refractivity contribution >= 4 is 11.3 Å². The van der Waals surface area contributed by atoms with Gasteiger partial charge in [0, 0.05) is 41.4 Å². The topological polar surface area (TPSA) is 43.7 Å². The van der Waals surface area contributed by atoms with Crippen LogP contribution in [0.25, 0.3) is 0 Å². The van der Waals surface area contributed by atoms with E-state index in [1.807, 2.05) is 0 Å². The summed E-state index contributed by atoms with van der Waals surface area (Å²) in [6, 6.07) is 2.68. The van der Waals surface area contributed by atoms with Gasteiger partial charge in [0.2, 0.25) is 0 Å². The van der Waals surface area contributed by atoms with Crippen molar-refractivity contribution in [1.29, 1.82) is 0 Å². The van der Waals surface area contributed by atoms with E-state index >= 15 is 0 Å². The minimum absolute atomic E-state index is 0.126. The molecule has 0 amide bonds. The molecule has 2 rings (SSSR count). The minimum atomic E-state index is 0.126. The van der Waals surface area contributed by atoms with Gasteiger partial charge in [-0.3, -0.25) is 4.90 Å². The predicted octanol–water partition coefficient (Wildman–Crippen LogP) is 2.22. The zero-order chi connectivity index (χ0) is 14.2. The third kappa shape index (κ3) is 4.60. The molecule has 1 aromatic heterocycles. The van der Waals surface area contributed by atoms with Gasteiger partial charge in [-0.05, 0) is 31.9 Å². The van der Waals surface area contributed by atoms with Gasteiger partial charge in [0.15, 0.2) is 0 Å². The van der Waals surface area contributed by atoms with Gasteiger partial charge in [-0.1, -0.05) is 18.3 Å². The lowest BCUT2D eigenvalue weighted by atomic mass is 9.99. The summed E-state index contributed by atoms with van der Waals surface area (Å²) in [5.41, 5.74) is 1.05. The molecule has 3 nitrogen and oxygen atoms in total. The van der Waals surface area contributed by atoms with Crippen LogP contribution in [0.3, 0.4) is 0 Å². The number of piperidine rings is 1. The van der Waals surface area contributed by atoms with E-state index in [0.29, 0.717) is 12.5 Å². The Morgan fingerprint density at radius 3 is 3.00 bits per heavy atom. The maximum absolute atomic E-state index is 9.16. The third-order valence-electron chi connectivity index (χ3n) is 3.69. The maximum Gasteiger partial charge on any atom is 0.0540 e. The number of aliphatic hydroxyl groups excluding tert-OH is 2. The highest BCUT2D eigenvalue weighted by Crippen LogP contribution is 2.24. The van der Waals surface area contributed by atoms with Gasteiger partial charge in [-0.2, -0.15) is 0 Å². The first-order chi connectivity index (χ1) is 9.83. The molecule has 110 valence electrons. The van der Waals surface area contributed by atoms with Gasteiger partial charge < -0.3 is 10.2 Å². The van der Waals surface area contributed by atoms with E-state index in [1.54, 1.807) is 11.3 Å². The number of thiophene rings is 1. The zero-order valence-electron chi connectivity index (χ0n) is 11.8. The Balaban J connectivity index is 1.93. The number of aliphatic hydroxyl groups is 2. The van der Waals surface area contributed by atoms with Crippen LogP contribution in [0.1, 0.15) is 42.5 Å². The van der Waals surface area contributed by atoms with Crippen LogP contribution in [-0.2, 0) is 6.54 Å². The van der Waals surface area contributed by atoms with Gasteiger partial charge >= 0.3 is 0 Å². The van der Waals surface area contributed by atoms with E-state index in [-0.39, 0.29) is 13.2 Å². The molecule has 0 saturated carbocycles. The van der Waals surface area contributed by atoms with Crippen molar-refractivity contribution in [2.75, 3.05) is 19.8 Å². The van der Waals surface area contributed by atoms with Crippen molar-refractivity contribution < 1.29 is 10.2 Å². The number of hydrogen-bond acceptors (Lipinski definition) is 4.